The Balaban J connectivity index is 3.15. The van der Waals surface area contributed by atoms with Crippen molar-refractivity contribution in [2.24, 2.45) is 0 Å². The van der Waals surface area contributed by atoms with Crippen LogP contribution < -0.4 is 0 Å². The summed E-state index contributed by atoms with van der Waals surface area (Å²) >= 11 is 0. The highest BCUT2D eigenvalue weighted by molar-refractivity contribution is 5.83. The summed E-state index contributed by atoms with van der Waals surface area (Å²) in [5.74, 6) is -3.42. The van der Waals surface area contributed by atoms with E-state index in [2.05, 4.69) is 0 Å². The highest BCUT2D eigenvalue weighted by Crippen LogP contribution is 2.35. The number of aliphatic carboxylic acids is 3. The summed E-state index contributed by atoms with van der Waals surface area (Å²) in [6.07, 6.45) is -0.953. The number of hydrogen-bond donors (Lipinski definition) is 3. The lowest BCUT2D eigenvalue weighted by atomic mass is 9.73. The SMILES string of the molecule is O=C(O)CCC(CCC(=O)O)(C(=O)O)c1ccccc1. The molecule has 0 aliphatic heterocycles. The number of carboxylic acids is 3. The van der Waals surface area contributed by atoms with Crippen LogP contribution in [0.15, 0.2) is 30.3 Å². The lowest BCUT2D eigenvalue weighted by Gasteiger charge is -2.29. The third-order valence-electron chi connectivity index (χ3n) is 3.27. The third-order valence-corrected chi connectivity index (χ3v) is 3.27. The van der Waals surface area contributed by atoms with Crippen LogP contribution in [0.2, 0.25) is 0 Å². The van der Waals surface area contributed by atoms with E-state index in [4.69, 9.17) is 10.2 Å². The number of carbonyl (C=O) groups is 3. The van der Waals surface area contributed by atoms with Crippen molar-refractivity contribution in [3.63, 3.8) is 0 Å². The lowest BCUT2D eigenvalue weighted by molar-refractivity contribution is -0.146. The van der Waals surface area contributed by atoms with Crippen molar-refractivity contribution in [2.75, 3.05) is 0 Å². The van der Waals surface area contributed by atoms with E-state index in [1.54, 1.807) is 30.3 Å². The summed E-state index contributed by atoms with van der Waals surface area (Å²) in [5, 5.41) is 27.1. The van der Waals surface area contributed by atoms with Crippen LogP contribution in [0.1, 0.15) is 31.2 Å². The van der Waals surface area contributed by atoms with Gasteiger partial charge in [0.15, 0.2) is 0 Å². The van der Waals surface area contributed by atoms with Gasteiger partial charge in [-0.05, 0) is 18.4 Å². The molecule has 0 aromatic heterocycles. The molecule has 1 rings (SSSR count). The van der Waals surface area contributed by atoms with Crippen molar-refractivity contribution in [2.45, 2.75) is 31.1 Å². The molecule has 20 heavy (non-hydrogen) atoms. The Labute approximate surface area is 115 Å². The molecule has 108 valence electrons. The van der Waals surface area contributed by atoms with Gasteiger partial charge in [0.1, 0.15) is 0 Å². The number of hydrogen-bond acceptors (Lipinski definition) is 3. The summed E-state index contributed by atoms with van der Waals surface area (Å²) < 4.78 is 0. The van der Waals surface area contributed by atoms with Crippen molar-refractivity contribution in [1.82, 2.24) is 0 Å². The second-order valence-electron chi connectivity index (χ2n) is 4.54. The molecule has 0 amide bonds. The lowest BCUT2D eigenvalue weighted by Crippen LogP contribution is -2.37. The standard InChI is InChI=1S/C14H16O6/c15-11(16)6-8-14(13(19)20,9-7-12(17)18)10-4-2-1-3-5-10/h1-5H,6-9H2,(H,15,16)(H,17,18)(H,19,20). The highest BCUT2D eigenvalue weighted by atomic mass is 16.4. The van der Waals surface area contributed by atoms with Crippen LogP contribution in [0.4, 0.5) is 0 Å². The number of rotatable bonds is 8. The molecule has 0 unspecified atom stereocenters. The first-order chi connectivity index (χ1) is 9.38. The molecule has 0 fully saturated rings. The van der Waals surface area contributed by atoms with E-state index in [0.717, 1.165) is 0 Å². The average molecular weight is 280 g/mol. The third kappa shape index (κ3) is 3.81. The molecule has 0 saturated carbocycles. The molecule has 0 atom stereocenters. The number of carboxylic acid groups (broad SMARTS) is 3. The summed E-state index contributed by atoms with van der Waals surface area (Å²) in [7, 11) is 0. The van der Waals surface area contributed by atoms with Crippen molar-refractivity contribution < 1.29 is 29.7 Å². The van der Waals surface area contributed by atoms with Crippen LogP contribution in [0.3, 0.4) is 0 Å². The quantitative estimate of drug-likeness (QED) is 0.668. The van der Waals surface area contributed by atoms with Crippen molar-refractivity contribution >= 4 is 17.9 Å². The van der Waals surface area contributed by atoms with Crippen molar-refractivity contribution in [3.8, 4) is 0 Å². The Morgan fingerprint density at radius 3 is 1.65 bits per heavy atom. The van der Waals surface area contributed by atoms with Gasteiger partial charge in [0, 0.05) is 12.8 Å². The molecule has 0 spiro atoms. The maximum atomic E-state index is 11.7. The fourth-order valence-electron chi connectivity index (χ4n) is 2.15. The second kappa shape index (κ2) is 6.70. The second-order valence-corrected chi connectivity index (χ2v) is 4.54. The Kier molecular flexibility index (Phi) is 5.25. The Bertz CT molecular complexity index is 476. The van der Waals surface area contributed by atoms with Crippen molar-refractivity contribution in [1.29, 1.82) is 0 Å². The minimum atomic E-state index is -1.49. The maximum absolute atomic E-state index is 11.7. The van der Waals surface area contributed by atoms with Crippen LogP contribution in [-0.4, -0.2) is 33.2 Å². The monoisotopic (exact) mass is 280 g/mol. The summed E-state index contributed by atoms with van der Waals surface area (Å²) in [6.45, 7) is 0. The summed E-state index contributed by atoms with van der Waals surface area (Å²) in [6, 6.07) is 8.17. The van der Waals surface area contributed by atoms with Crippen LogP contribution in [0, 0.1) is 0 Å². The Hall–Kier alpha value is -2.37. The number of benzene rings is 1. The molecule has 0 aliphatic rings. The largest absolute Gasteiger partial charge is 0.481 e. The molecule has 0 aliphatic carbocycles. The van der Waals surface area contributed by atoms with Gasteiger partial charge >= 0.3 is 17.9 Å². The van der Waals surface area contributed by atoms with Gasteiger partial charge < -0.3 is 15.3 Å². The van der Waals surface area contributed by atoms with Crippen molar-refractivity contribution in [3.05, 3.63) is 35.9 Å². The van der Waals surface area contributed by atoms with Gasteiger partial charge in [-0.2, -0.15) is 0 Å². The van der Waals surface area contributed by atoms with Crippen LogP contribution in [-0.2, 0) is 19.8 Å². The van der Waals surface area contributed by atoms with E-state index in [-0.39, 0.29) is 25.7 Å². The molecular weight excluding hydrogens is 264 g/mol. The highest BCUT2D eigenvalue weighted by Gasteiger charge is 2.40. The zero-order valence-corrected chi connectivity index (χ0v) is 10.8. The van der Waals surface area contributed by atoms with Crippen LogP contribution >= 0.6 is 0 Å². The fraction of sp³-hybridized carbons (Fsp3) is 0.357. The van der Waals surface area contributed by atoms with Gasteiger partial charge in [0.2, 0.25) is 0 Å². The molecule has 1 aromatic carbocycles. The average Bonchev–Trinajstić information content (AvgIpc) is 2.39. The van der Waals surface area contributed by atoms with Gasteiger partial charge in [-0.3, -0.25) is 14.4 Å². The summed E-state index contributed by atoms with van der Waals surface area (Å²) in [5.41, 5.74) is -1.06. The van der Waals surface area contributed by atoms with E-state index < -0.39 is 23.3 Å². The predicted molar refractivity (Wildman–Crippen MR) is 69.5 cm³/mol. The van der Waals surface area contributed by atoms with E-state index in [1.807, 2.05) is 0 Å². The van der Waals surface area contributed by atoms with E-state index >= 15 is 0 Å². The van der Waals surface area contributed by atoms with Gasteiger partial charge in [-0.1, -0.05) is 30.3 Å². The van der Waals surface area contributed by atoms with E-state index in [9.17, 15) is 19.5 Å². The first-order valence-electron chi connectivity index (χ1n) is 6.11. The molecule has 0 saturated heterocycles. The van der Waals surface area contributed by atoms with Crippen LogP contribution in [0.25, 0.3) is 0 Å². The molecule has 1 aromatic rings. The van der Waals surface area contributed by atoms with Gasteiger partial charge in [0.05, 0.1) is 5.41 Å². The normalized spacial score (nSPS) is 11.0. The summed E-state index contributed by atoms with van der Waals surface area (Å²) in [4.78, 5) is 33.1. The molecule has 6 nitrogen and oxygen atoms in total. The molecule has 3 N–H and O–H groups in total. The zero-order chi connectivity index (χ0) is 15.2. The minimum Gasteiger partial charge on any atom is -0.481 e. The molecule has 0 radical (unpaired) electrons. The van der Waals surface area contributed by atoms with Crippen LogP contribution in [0.5, 0.6) is 0 Å². The smallest absolute Gasteiger partial charge is 0.314 e. The Morgan fingerprint density at radius 2 is 1.30 bits per heavy atom. The fourth-order valence-corrected chi connectivity index (χ4v) is 2.15. The topological polar surface area (TPSA) is 112 Å². The minimum absolute atomic E-state index is 0.144. The van der Waals surface area contributed by atoms with E-state index in [0.29, 0.717) is 5.56 Å². The molecule has 6 heteroatoms. The predicted octanol–water partition coefficient (Wildman–Crippen LogP) is 1.74. The Morgan fingerprint density at radius 1 is 0.850 bits per heavy atom. The molecule has 0 bridgehead atoms. The molecule has 0 heterocycles. The van der Waals surface area contributed by atoms with Gasteiger partial charge in [-0.25, -0.2) is 0 Å². The maximum Gasteiger partial charge on any atom is 0.314 e. The molecular formula is C14H16O6. The van der Waals surface area contributed by atoms with Gasteiger partial charge in [0.25, 0.3) is 0 Å². The first kappa shape index (κ1) is 15.7. The zero-order valence-electron chi connectivity index (χ0n) is 10.8. The van der Waals surface area contributed by atoms with Gasteiger partial charge in [-0.15, -0.1) is 0 Å². The van der Waals surface area contributed by atoms with E-state index in [1.165, 1.54) is 0 Å². The first-order valence-corrected chi connectivity index (χ1v) is 6.11.